The Hall–Kier alpha value is -1.77. The number of rotatable bonds is 18. The molecular formula is C25H40O3. The minimum atomic E-state index is -0.309. The Morgan fingerprint density at radius 1 is 0.750 bits per heavy atom. The van der Waals surface area contributed by atoms with E-state index < -0.39 is 0 Å². The second kappa shape index (κ2) is 17.3. The normalized spacial score (nSPS) is 10.7. The summed E-state index contributed by atoms with van der Waals surface area (Å²) >= 11 is 0. The van der Waals surface area contributed by atoms with Crippen molar-refractivity contribution >= 4 is 5.97 Å². The second-order valence-electron chi connectivity index (χ2n) is 7.71. The van der Waals surface area contributed by atoms with Gasteiger partial charge in [0, 0.05) is 0 Å². The van der Waals surface area contributed by atoms with Crippen molar-refractivity contribution in [3.63, 3.8) is 0 Å². The highest BCUT2D eigenvalue weighted by molar-refractivity contribution is 5.89. The lowest BCUT2D eigenvalue weighted by Crippen LogP contribution is -2.06. The third-order valence-electron chi connectivity index (χ3n) is 5.14. The fourth-order valence-electron chi connectivity index (χ4n) is 3.36. The molecule has 0 unspecified atom stereocenters. The Morgan fingerprint density at radius 3 is 1.64 bits per heavy atom. The summed E-state index contributed by atoms with van der Waals surface area (Å²) in [5, 5.41) is 9.22. The summed E-state index contributed by atoms with van der Waals surface area (Å²) in [5.41, 5.74) is 0.491. The quantitative estimate of drug-likeness (QED) is 0.160. The molecular weight excluding hydrogens is 348 g/mol. The zero-order valence-corrected chi connectivity index (χ0v) is 17.7. The van der Waals surface area contributed by atoms with E-state index in [9.17, 15) is 9.90 Å². The fourth-order valence-corrected chi connectivity index (χ4v) is 3.36. The average molecular weight is 389 g/mol. The number of aromatic hydroxyl groups is 1. The van der Waals surface area contributed by atoms with Crippen LogP contribution in [0.2, 0.25) is 0 Å². The zero-order chi connectivity index (χ0) is 20.3. The van der Waals surface area contributed by atoms with Gasteiger partial charge < -0.3 is 9.84 Å². The van der Waals surface area contributed by atoms with Crippen LogP contribution in [0.5, 0.6) is 5.75 Å². The molecule has 0 saturated heterocycles. The molecule has 0 heterocycles. The van der Waals surface area contributed by atoms with Gasteiger partial charge in [0.1, 0.15) is 5.75 Å². The number of hydrogen-bond acceptors (Lipinski definition) is 3. The van der Waals surface area contributed by atoms with Crippen LogP contribution in [0.1, 0.15) is 107 Å². The number of hydrogen-bond donors (Lipinski definition) is 1. The highest BCUT2D eigenvalue weighted by Gasteiger charge is 2.06. The van der Waals surface area contributed by atoms with Crippen LogP contribution in [0.15, 0.2) is 36.9 Å². The van der Waals surface area contributed by atoms with E-state index in [4.69, 9.17) is 4.74 Å². The summed E-state index contributed by atoms with van der Waals surface area (Å²) in [6.07, 6.45) is 21.5. The predicted molar refractivity (Wildman–Crippen MR) is 118 cm³/mol. The fraction of sp³-hybridized carbons (Fsp3) is 0.640. The van der Waals surface area contributed by atoms with E-state index in [2.05, 4.69) is 6.58 Å². The monoisotopic (exact) mass is 388 g/mol. The highest BCUT2D eigenvalue weighted by atomic mass is 16.5. The molecule has 3 nitrogen and oxygen atoms in total. The Balaban J connectivity index is 1.79. The van der Waals surface area contributed by atoms with Gasteiger partial charge in [-0.3, -0.25) is 0 Å². The predicted octanol–water partition coefficient (Wildman–Crippen LogP) is 7.59. The van der Waals surface area contributed by atoms with Gasteiger partial charge in [-0.05, 0) is 43.5 Å². The van der Waals surface area contributed by atoms with Crippen LogP contribution >= 0.6 is 0 Å². The van der Waals surface area contributed by atoms with Gasteiger partial charge in [0.05, 0.1) is 12.2 Å². The average Bonchev–Trinajstić information content (AvgIpc) is 2.70. The van der Waals surface area contributed by atoms with Crippen molar-refractivity contribution < 1.29 is 14.6 Å². The molecule has 1 N–H and O–H groups in total. The maximum atomic E-state index is 11.8. The van der Waals surface area contributed by atoms with Crippen LogP contribution in [-0.4, -0.2) is 17.7 Å². The summed E-state index contributed by atoms with van der Waals surface area (Å²) in [6, 6.07) is 6.18. The van der Waals surface area contributed by atoms with Gasteiger partial charge in [-0.1, -0.05) is 83.1 Å². The van der Waals surface area contributed by atoms with Gasteiger partial charge in [-0.2, -0.15) is 0 Å². The zero-order valence-electron chi connectivity index (χ0n) is 17.7. The maximum Gasteiger partial charge on any atom is 0.338 e. The van der Waals surface area contributed by atoms with Crippen molar-refractivity contribution in [1.29, 1.82) is 0 Å². The first kappa shape index (κ1) is 24.3. The van der Waals surface area contributed by atoms with Crippen LogP contribution in [-0.2, 0) is 4.74 Å². The summed E-state index contributed by atoms with van der Waals surface area (Å²) in [4.78, 5) is 11.8. The molecule has 28 heavy (non-hydrogen) atoms. The number of allylic oxidation sites excluding steroid dienone is 1. The minimum Gasteiger partial charge on any atom is -0.508 e. The Kier molecular flexibility index (Phi) is 15.0. The molecule has 0 amide bonds. The van der Waals surface area contributed by atoms with Crippen LogP contribution in [0.25, 0.3) is 0 Å². The highest BCUT2D eigenvalue weighted by Crippen LogP contribution is 2.14. The first-order valence-electron chi connectivity index (χ1n) is 11.3. The minimum absolute atomic E-state index is 0.159. The van der Waals surface area contributed by atoms with E-state index in [1.807, 2.05) is 6.08 Å². The van der Waals surface area contributed by atoms with E-state index >= 15 is 0 Å². The summed E-state index contributed by atoms with van der Waals surface area (Å²) in [6.45, 7) is 4.24. The van der Waals surface area contributed by atoms with Crippen molar-refractivity contribution in [1.82, 2.24) is 0 Å². The standard InChI is InChI=1S/C25H40O3/c1-2-3-4-5-6-7-8-9-10-11-12-13-14-15-16-17-22-28-25(27)23-18-20-24(26)21-19-23/h2,18-21,26H,1,3-17,22H2. The lowest BCUT2D eigenvalue weighted by atomic mass is 10.0. The molecule has 1 rings (SSSR count). The molecule has 0 saturated carbocycles. The third kappa shape index (κ3) is 13.4. The van der Waals surface area contributed by atoms with E-state index in [-0.39, 0.29) is 11.7 Å². The Morgan fingerprint density at radius 2 is 1.18 bits per heavy atom. The smallest absolute Gasteiger partial charge is 0.338 e. The first-order valence-corrected chi connectivity index (χ1v) is 11.3. The van der Waals surface area contributed by atoms with E-state index in [1.165, 1.54) is 95.6 Å². The number of benzene rings is 1. The van der Waals surface area contributed by atoms with Crippen molar-refractivity contribution in [2.24, 2.45) is 0 Å². The van der Waals surface area contributed by atoms with Crippen molar-refractivity contribution in [3.8, 4) is 5.75 Å². The summed E-state index contributed by atoms with van der Waals surface area (Å²) in [5.74, 6) is -0.150. The van der Waals surface area contributed by atoms with E-state index in [1.54, 1.807) is 12.1 Å². The Labute approximate surface area is 172 Å². The van der Waals surface area contributed by atoms with Crippen molar-refractivity contribution in [3.05, 3.63) is 42.5 Å². The molecule has 0 aliphatic heterocycles. The van der Waals surface area contributed by atoms with Gasteiger partial charge >= 0.3 is 5.97 Å². The largest absolute Gasteiger partial charge is 0.508 e. The van der Waals surface area contributed by atoms with Crippen molar-refractivity contribution in [2.75, 3.05) is 6.61 Å². The number of esters is 1. The number of carbonyl (C=O) groups excluding carboxylic acids is 1. The van der Waals surface area contributed by atoms with Gasteiger partial charge in [-0.15, -0.1) is 6.58 Å². The van der Waals surface area contributed by atoms with Gasteiger partial charge in [0.2, 0.25) is 0 Å². The Bertz CT molecular complexity index is 507. The van der Waals surface area contributed by atoms with E-state index in [0.717, 1.165) is 12.8 Å². The van der Waals surface area contributed by atoms with Crippen LogP contribution in [0.4, 0.5) is 0 Å². The summed E-state index contributed by atoms with van der Waals surface area (Å²) < 4.78 is 5.26. The topological polar surface area (TPSA) is 46.5 Å². The lowest BCUT2D eigenvalue weighted by molar-refractivity contribution is 0.0497. The number of phenolic OH excluding ortho intramolecular Hbond substituents is 1. The number of unbranched alkanes of at least 4 members (excludes halogenated alkanes) is 14. The second-order valence-corrected chi connectivity index (χ2v) is 7.71. The summed E-state index contributed by atoms with van der Waals surface area (Å²) in [7, 11) is 0. The SMILES string of the molecule is C=CCCCCCCCCCCCCCCCCOC(=O)c1ccc(O)cc1. The van der Waals surface area contributed by atoms with Crippen LogP contribution in [0.3, 0.4) is 0 Å². The molecule has 0 atom stereocenters. The molecule has 0 fully saturated rings. The molecule has 1 aromatic carbocycles. The lowest BCUT2D eigenvalue weighted by Gasteiger charge is -2.05. The number of ether oxygens (including phenoxy) is 1. The van der Waals surface area contributed by atoms with Gasteiger partial charge in [0.15, 0.2) is 0 Å². The molecule has 158 valence electrons. The molecule has 0 spiro atoms. The number of carbonyl (C=O) groups is 1. The van der Waals surface area contributed by atoms with Gasteiger partial charge in [0.25, 0.3) is 0 Å². The third-order valence-corrected chi connectivity index (χ3v) is 5.14. The first-order chi connectivity index (χ1) is 13.7. The molecule has 1 aromatic rings. The molecule has 0 radical (unpaired) electrons. The van der Waals surface area contributed by atoms with Crippen LogP contribution in [0, 0.1) is 0 Å². The molecule has 3 heteroatoms. The van der Waals surface area contributed by atoms with Crippen LogP contribution < -0.4 is 0 Å². The molecule has 0 aliphatic rings. The van der Waals surface area contributed by atoms with Crippen molar-refractivity contribution in [2.45, 2.75) is 96.3 Å². The van der Waals surface area contributed by atoms with E-state index in [0.29, 0.717) is 12.2 Å². The molecule has 0 aromatic heterocycles. The molecule has 0 bridgehead atoms. The number of phenols is 1. The van der Waals surface area contributed by atoms with Gasteiger partial charge in [-0.25, -0.2) is 4.79 Å². The molecule has 0 aliphatic carbocycles. The maximum absolute atomic E-state index is 11.8.